The Bertz CT molecular complexity index is 1240. The number of nitrogens with zero attached hydrogens (tertiary/aromatic N) is 2. The Balaban J connectivity index is 1.55. The van der Waals surface area contributed by atoms with Crippen LogP contribution in [0.3, 0.4) is 0 Å². The fraction of sp³-hybridized carbons (Fsp3) is 0.269. The number of hydrogen-bond acceptors (Lipinski definition) is 4. The van der Waals surface area contributed by atoms with Crippen molar-refractivity contribution in [1.29, 1.82) is 0 Å². The van der Waals surface area contributed by atoms with E-state index in [0.717, 1.165) is 28.6 Å². The standard InChI is InChI=1S/C26H28ClN3O3S/c1-20-10-13-23(18-25(20)27)30(34(32,33)24-8-4-2-5-9-24)19-26(31)28-21-11-14-22(15-12-21)29-16-6-3-7-17-29/h2,4-5,8-15,18H,3,6-7,16-17,19H2,1H3,(H,28,31). The van der Waals surface area contributed by atoms with Crippen molar-refractivity contribution in [2.45, 2.75) is 31.1 Å². The van der Waals surface area contributed by atoms with Crippen molar-refractivity contribution in [3.63, 3.8) is 0 Å². The third-order valence-corrected chi connectivity index (χ3v) is 8.13. The number of piperidine rings is 1. The lowest BCUT2D eigenvalue weighted by Gasteiger charge is -2.29. The van der Waals surface area contributed by atoms with Crippen molar-refractivity contribution in [3.05, 3.63) is 83.4 Å². The Morgan fingerprint density at radius 2 is 1.65 bits per heavy atom. The molecule has 0 spiro atoms. The molecule has 1 fully saturated rings. The van der Waals surface area contributed by atoms with Crippen LogP contribution in [0.1, 0.15) is 24.8 Å². The van der Waals surface area contributed by atoms with Crippen molar-refractivity contribution < 1.29 is 13.2 Å². The van der Waals surface area contributed by atoms with E-state index in [1.54, 1.807) is 36.4 Å². The first-order valence-electron chi connectivity index (χ1n) is 11.3. The molecular weight excluding hydrogens is 470 g/mol. The van der Waals surface area contributed by atoms with Crippen LogP contribution in [-0.2, 0) is 14.8 Å². The number of aryl methyl sites for hydroxylation is 1. The normalized spacial score (nSPS) is 14.0. The third-order valence-electron chi connectivity index (χ3n) is 5.93. The van der Waals surface area contributed by atoms with Crippen molar-refractivity contribution >= 4 is 44.6 Å². The van der Waals surface area contributed by atoms with Crippen LogP contribution >= 0.6 is 11.6 Å². The van der Waals surface area contributed by atoms with Crippen molar-refractivity contribution in [3.8, 4) is 0 Å². The predicted molar refractivity (Wildman–Crippen MR) is 138 cm³/mol. The monoisotopic (exact) mass is 497 g/mol. The van der Waals surface area contributed by atoms with Crippen LogP contribution in [0, 0.1) is 6.92 Å². The van der Waals surface area contributed by atoms with Crippen LogP contribution in [-0.4, -0.2) is 34.0 Å². The maximum Gasteiger partial charge on any atom is 0.264 e. The average Bonchev–Trinajstić information content (AvgIpc) is 2.86. The van der Waals surface area contributed by atoms with Gasteiger partial charge in [-0.25, -0.2) is 8.42 Å². The summed E-state index contributed by atoms with van der Waals surface area (Å²) in [7, 11) is -3.99. The molecular formula is C26H28ClN3O3S. The van der Waals surface area contributed by atoms with E-state index in [1.165, 1.54) is 31.4 Å². The van der Waals surface area contributed by atoms with Gasteiger partial charge in [0.05, 0.1) is 10.6 Å². The summed E-state index contributed by atoms with van der Waals surface area (Å²) in [6.45, 7) is 3.53. The molecule has 1 aliphatic heterocycles. The largest absolute Gasteiger partial charge is 0.372 e. The van der Waals surface area contributed by atoms with Gasteiger partial charge in [0, 0.05) is 29.5 Å². The fourth-order valence-corrected chi connectivity index (χ4v) is 5.62. The second kappa shape index (κ2) is 10.5. The number of amides is 1. The van der Waals surface area contributed by atoms with E-state index in [2.05, 4.69) is 10.2 Å². The van der Waals surface area contributed by atoms with Gasteiger partial charge in [-0.3, -0.25) is 9.10 Å². The van der Waals surface area contributed by atoms with Gasteiger partial charge in [0.1, 0.15) is 6.54 Å². The molecule has 0 bridgehead atoms. The topological polar surface area (TPSA) is 69.7 Å². The molecule has 1 saturated heterocycles. The molecule has 0 atom stereocenters. The molecule has 3 aromatic carbocycles. The maximum atomic E-state index is 13.4. The lowest BCUT2D eigenvalue weighted by atomic mass is 10.1. The first-order valence-corrected chi connectivity index (χ1v) is 13.2. The summed E-state index contributed by atoms with van der Waals surface area (Å²) in [6, 6.07) is 20.7. The van der Waals surface area contributed by atoms with Gasteiger partial charge in [-0.1, -0.05) is 35.9 Å². The summed E-state index contributed by atoms with van der Waals surface area (Å²) in [6.07, 6.45) is 3.64. The molecule has 0 aromatic heterocycles. The first-order chi connectivity index (χ1) is 16.3. The minimum absolute atomic E-state index is 0.102. The molecule has 4 rings (SSSR count). The second-order valence-corrected chi connectivity index (χ2v) is 10.7. The Kier molecular flexibility index (Phi) is 7.44. The summed E-state index contributed by atoms with van der Waals surface area (Å²) < 4.78 is 28.0. The Morgan fingerprint density at radius 3 is 2.29 bits per heavy atom. The molecule has 178 valence electrons. The minimum atomic E-state index is -3.99. The average molecular weight is 498 g/mol. The molecule has 1 aliphatic rings. The smallest absolute Gasteiger partial charge is 0.264 e. The summed E-state index contributed by atoms with van der Waals surface area (Å²) >= 11 is 6.27. The minimum Gasteiger partial charge on any atom is -0.372 e. The van der Waals surface area contributed by atoms with Gasteiger partial charge in [-0.15, -0.1) is 0 Å². The van der Waals surface area contributed by atoms with Crippen LogP contribution in [0.4, 0.5) is 17.1 Å². The highest BCUT2D eigenvalue weighted by molar-refractivity contribution is 7.92. The zero-order chi connectivity index (χ0) is 24.1. The summed E-state index contributed by atoms with van der Waals surface area (Å²) in [5.74, 6) is -0.443. The summed E-state index contributed by atoms with van der Waals surface area (Å²) in [4.78, 5) is 15.4. The van der Waals surface area contributed by atoms with E-state index < -0.39 is 15.9 Å². The van der Waals surface area contributed by atoms with E-state index in [-0.39, 0.29) is 11.4 Å². The van der Waals surface area contributed by atoms with Crippen molar-refractivity contribution in [2.24, 2.45) is 0 Å². The Hall–Kier alpha value is -3.03. The van der Waals surface area contributed by atoms with E-state index in [0.29, 0.717) is 16.4 Å². The number of nitrogens with one attached hydrogen (secondary N) is 1. The van der Waals surface area contributed by atoms with Crippen molar-refractivity contribution in [1.82, 2.24) is 0 Å². The zero-order valence-electron chi connectivity index (χ0n) is 19.1. The lowest BCUT2D eigenvalue weighted by Crippen LogP contribution is -2.38. The molecule has 1 amide bonds. The zero-order valence-corrected chi connectivity index (χ0v) is 20.6. The van der Waals surface area contributed by atoms with Gasteiger partial charge < -0.3 is 10.2 Å². The van der Waals surface area contributed by atoms with Crippen LogP contribution in [0.2, 0.25) is 5.02 Å². The molecule has 3 aromatic rings. The van der Waals surface area contributed by atoms with E-state index in [1.807, 2.05) is 31.2 Å². The van der Waals surface area contributed by atoms with Crippen LogP contribution in [0.25, 0.3) is 0 Å². The number of carbonyl (C=O) groups is 1. The molecule has 8 heteroatoms. The third kappa shape index (κ3) is 5.54. The highest BCUT2D eigenvalue weighted by Gasteiger charge is 2.27. The Labute approximate surface area is 206 Å². The highest BCUT2D eigenvalue weighted by Crippen LogP contribution is 2.28. The Morgan fingerprint density at radius 1 is 0.971 bits per heavy atom. The predicted octanol–water partition coefficient (Wildman–Crippen LogP) is 5.47. The van der Waals surface area contributed by atoms with Gasteiger partial charge in [-0.05, 0) is 80.3 Å². The number of hydrogen-bond donors (Lipinski definition) is 1. The maximum absolute atomic E-state index is 13.4. The van der Waals surface area contributed by atoms with Gasteiger partial charge >= 0.3 is 0 Å². The molecule has 1 N–H and O–H groups in total. The number of benzene rings is 3. The van der Waals surface area contributed by atoms with E-state index >= 15 is 0 Å². The van der Waals surface area contributed by atoms with E-state index in [4.69, 9.17) is 11.6 Å². The highest BCUT2D eigenvalue weighted by atomic mass is 35.5. The molecule has 6 nitrogen and oxygen atoms in total. The van der Waals surface area contributed by atoms with Gasteiger partial charge in [0.25, 0.3) is 10.0 Å². The number of carbonyl (C=O) groups excluding carboxylic acids is 1. The quantitative estimate of drug-likeness (QED) is 0.469. The summed E-state index contributed by atoms with van der Waals surface area (Å²) in [5, 5.41) is 3.26. The molecule has 34 heavy (non-hydrogen) atoms. The molecule has 0 aliphatic carbocycles. The van der Waals surface area contributed by atoms with Gasteiger partial charge in [0.15, 0.2) is 0 Å². The molecule has 1 heterocycles. The van der Waals surface area contributed by atoms with Crippen LogP contribution in [0.5, 0.6) is 0 Å². The first kappa shape index (κ1) is 24.1. The SMILES string of the molecule is Cc1ccc(N(CC(=O)Nc2ccc(N3CCCCC3)cc2)S(=O)(=O)c2ccccc2)cc1Cl. The molecule has 0 unspecified atom stereocenters. The molecule has 0 radical (unpaired) electrons. The number of halogens is 1. The fourth-order valence-electron chi connectivity index (χ4n) is 4.01. The van der Waals surface area contributed by atoms with E-state index in [9.17, 15) is 13.2 Å². The van der Waals surface area contributed by atoms with Crippen LogP contribution < -0.4 is 14.5 Å². The molecule has 0 saturated carbocycles. The lowest BCUT2D eigenvalue weighted by molar-refractivity contribution is -0.114. The summed E-state index contributed by atoms with van der Waals surface area (Å²) in [5.41, 5.74) is 2.89. The van der Waals surface area contributed by atoms with Gasteiger partial charge in [-0.2, -0.15) is 0 Å². The van der Waals surface area contributed by atoms with Crippen molar-refractivity contribution in [2.75, 3.05) is 34.2 Å². The number of anilines is 3. The number of sulfonamides is 1. The number of rotatable bonds is 7. The van der Waals surface area contributed by atoms with Crippen LogP contribution in [0.15, 0.2) is 77.7 Å². The second-order valence-electron chi connectivity index (χ2n) is 8.40. The van der Waals surface area contributed by atoms with Gasteiger partial charge in [0.2, 0.25) is 5.91 Å².